The molecule has 0 aliphatic carbocycles. The molecule has 1 N–H and O–H groups in total. The van der Waals surface area contributed by atoms with Crippen molar-refractivity contribution < 1.29 is 27.5 Å². The molecule has 0 aromatic heterocycles. The minimum atomic E-state index is -5.14. The lowest BCUT2D eigenvalue weighted by Crippen LogP contribution is -2.56. The fourth-order valence-corrected chi connectivity index (χ4v) is 2.93. The maximum absolute atomic E-state index is 13.5. The second kappa shape index (κ2) is 6.48. The van der Waals surface area contributed by atoms with Crippen LogP contribution in [0.2, 0.25) is 0 Å². The Morgan fingerprint density at radius 1 is 1.19 bits per heavy atom. The first-order valence-electron chi connectivity index (χ1n) is 7.34. The topological polar surface area (TPSA) is 52.9 Å². The molecular formula is C17H11BrF4N2O2. The number of aliphatic hydroxyl groups is 1. The summed E-state index contributed by atoms with van der Waals surface area (Å²) in [5.41, 5.74) is -3.56. The minimum Gasteiger partial charge on any atom is -0.362 e. The highest BCUT2D eigenvalue weighted by atomic mass is 79.9. The van der Waals surface area contributed by atoms with E-state index < -0.39 is 30.0 Å². The zero-order chi connectivity index (χ0) is 19.1. The smallest absolute Gasteiger partial charge is 0.362 e. The largest absolute Gasteiger partial charge is 0.438 e. The maximum Gasteiger partial charge on any atom is 0.438 e. The van der Waals surface area contributed by atoms with Gasteiger partial charge in [0.1, 0.15) is 5.82 Å². The minimum absolute atomic E-state index is 0.0352. The summed E-state index contributed by atoms with van der Waals surface area (Å²) in [7, 11) is 0. The molecule has 1 heterocycles. The normalized spacial score (nSPS) is 20.2. The molecule has 1 aliphatic heterocycles. The van der Waals surface area contributed by atoms with Gasteiger partial charge in [0.15, 0.2) is 0 Å². The van der Waals surface area contributed by atoms with Crippen molar-refractivity contribution in [1.82, 2.24) is 5.01 Å². The molecule has 0 fully saturated rings. The number of hydrogen-bond donors (Lipinski definition) is 1. The van der Waals surface area contributed by atoms with E-state index in [-0.39, 0.29) is 21.8 Å². The van der Waals surface area contributed by atoms with Crippen molar-refractivity contribution in [3.8, 4) is 0 Å². The molecule has 0 spiro atoms. The van der Waals surface area contributed by atoms with Crippen LogP contribution in [-0.2, 0) is 0 Å². The number of benzene rings is 2. The predicted molar refractivity (Wildman–Crippen MR) is 88.9 cm³/mol. The molecule has 26 heavy (non-hydrogen) atoms. The molecule has 0 saturated carbocycles. The van der Waals surface area contributed by atoms with Crippen LogP contribution in [-0.4, -0.2) is 33.6 Å². The third kappa shape index (κ3) is 3.24. The average Bonchev–Trinajstić information content (AvgIpc) is 2.94. The van der Waals surface area contributed by atoms with Gasteiger partial charge in [-0.1, -0.05) is 34.1 Å². The average molecular weight is 431 g/mol. The summed E-state index contributed by atoms with van der Waals surface area (Å²) in [5.74, 6) is -1.68. The van der Waals surface area contributed by atoms with Gasteiger partial charge in [-0.15, -0.1) is 0 Å². The van der Waals surface area contributed by atoms with E-state index in [1.165, 1.54) is 30.3 Å². The van der Waals surface area contributed by atoms with Crippen LogP contribution >= 0.6 is 15.9 Å². The summed E-state index contributed by atoms with van der Waals surface area (Å²) in [6, 6.07) is 10.3. The summed E-state index contributed by atoms with van der Waals surface area (Å²) in [6.07, 6.45) is -6.10. The van der Waals surface area contributed by atoms with Crippen LogP contribution in [0.1, 0.15) is 22.3 Å². The molecule has 2 aromatic carbocycles. The Bertz CT molecular complexity index is 883. The number of rotatable bonds is 2. The molecule has 0 radical (unpaired) electrons. The molecule has 1 atom stereocenters. The Balaban J connectivity index is 2.05. The van der Waals surface area contributed by atoms with Gasteiger partial charge in [0, 0.05) is 10.0 Å². The van der Waals surface area contributed by atoms with Crippen molar-refractivity contribution in [3.05, 3.63) is 69.9 Å². The molecule has 1 aliphatic rings. The zero-order valence-corrected chi connectivity index (χ0v) is 14.6. The van der Waals surface area contributed by atoms with E-state index >= 15 is 0 Å². The molecule has 1 amide bonds. The molecule has 0 bridgehead atoms. The van der Waals surface area contributed by atoms with Crippen molar-refractivity contribution in [2.45, 2.75) is 18.3 Å². The molecule has 9 heteroatoms. The van der Waals surface area contributed by atoms with Crippen LogP contribution in [0.3, 0.4) is 0 Å². The lowest BCUT2D eigenvalue weighted by Gasteiger charge is -2.32. The van der Waals surface area contributed by atoms with E-state index in [1.807, 2.05) is 0 Å². The lowest BCUT2D eigenvalue weighted by atomic mass is 10.0. The second-order valence-electron chi connectivity index (χ2n) is 5.67. The molecule has 136 valence electrons. The van der Waals surface area contributed by atoms with Gasteiger partial charge in [-0.05, 0) is 35.9 Å². The van der Waals surface area contributed by atoms with Crippen molar-refractivity contribution in [2.75, 3.05) is 0 Å². The van der Waals surface area contributed by atoms with E-state index in [1.54, 1.807) is 6.07 Å². The number of hydrazone groups is 1. The van der Waals surface area contributed by atoms with Crippen molar-refractivity contribution in [1.29, 1.82) is 0 Å². The first kappa shape index (κ1) is 18.5. The summed E-state index contributed by atoms with van der Waals surface area (Å²) in [6.45, 7) is 0. The second-order valence-corrected chi connectivity index (χ2v) is 6.59. The Hall–Kier alpha value is -2.26. The Kier molecular flexibility index (Phi) is 4.61. The Morgan fingerprint density at radius 2 is 1.85 bits per heavy atom. The van der Waals surface area contributed by atoms with Gasteiger partial charge in [0.25, 0.3) is 11.6 Å². The third-order valence-corrected chi connectivity index (χ3v) is 4.37. The van der Waals surface area contributed by atoms with Gasteiger partial charge in [-0.3, -0.25) is 4.79 Å². The number of amides is 1. The molecule has 3 rings (SSSR count). The summed E-state index contributed by atoms with van der Waals surface area (Å²) in [5, 5.41) is 14.0. The fraction of sp³-hybridized carbons (Fsp3) is 0.176. The first-order valence-corrected chi connectivity index (χ1v) is 8.14. The molecular weight excluding hydrogens is 420 g/mol. The molecule has 4 nitrogen and oxygen atoms in total. The van der Waals surface area contributed by atoms with E-state index in [0.29, 0.717) is 4.47 Å². The highest BCUT2D eigenvalue weighted by Gasteiger charge is 2.63. The van der Waals surface area contributed by atoms with Crippen molar-refractivity contribution >= 4 is 27.5 Å². The standard InChI is InChI=1S/C17H11BrF4N2O2/c18-12-3-1-2-11(8-12)15(25)24-16(26,17(20,21)22)9-14(23-24)10-4-6-13(19)7-5-10/h1-8,26H,9H2. The number of carbonyl (C=O) groups excluding carboxylic acids is 1. The van der Waals surface area contributed by atoms with E-state index in [9.17, 15) is 27.5 Å². The van der Waals surface area contributed by atoms with E-state index in [2.05, 4.69) is 21.0 Å². The summed E-state index contributed by atoms with van der Waals surface area (Å²) in [4.78, 5) is 12.6. The third-order valence-electron chi connectivity index (χ3n) is 3.88. The molecule has 2 aromatic rings. The lowest BCUT2D eigenvalue weighted by molar-refractivity contribution is -0.297. The Labute approximate surface area is 153 Å². The fourth-order valence-electron chi connectivity index (χ4n) is 2.53. The number of nitrogens with zero attached hydrogens (tertiary/aromatic N) is 2. The van der Waals surface area contributed by atoms with Crippen LogP contribution in [0, 0.1) is 5.82 Å². The van der Waals surface area contributed by atoms with Crippen LogP contribution in [0.25, 0.3) is 0 Å². The predicted octanol–water partition coefficient (Wildman–Crippen LogP) is 4.09. The number of hydrogen-bond acceptors (Lipinski definition) is 3. The monoisotopic (exact) mass is 430 g/mol. The Morgan fingerprint density at radius 3 is 2.42 bits per heavy atom. The molecule has 0 saturated heterocycles. The van der Waals surface area contributed by atoms with Crippen LogP contribution in [0.4, 0.5) is 17.6 Å². The van der Waals surface area contributed by atoms with Gasteiger partial charge >= 0.3 is 6.18 Å². The quantitative estimate of drug-likeness (QED) is 0.729. The van der Waals surface area contributed by atoms with Gasteiger partial charge in [-0.2, -0.15) is 23.3 Å². The number of alkyl halides is 3. The van der Waals surface area contributed by atoms with Crippen LogP contribution in [0.5, 0.6) is 0 Å². The van der Waals surface area contributed by atoms with Gasteiger partial charge in [-0.25, -0.2) is 4.39 Å². The zero-order valence-electron chi connectivity index (χ0n) is 13.0. The number of carbonyl (C=O) groups is 1. The van der Waals surface area contributed by atoms with Crippen molar-refractivity contribution in [2.24, 2.45) is 5.10 Å². The van der Waals surface area contributed by atoms with Gasteiger partial charge < -0.3 is 5.11 Å². The van der Waals surface area contributed by atoms with Gasteiger partial charge in [0.2, 0.25) is 0 Å². The SMILES string of the molecule is O=C(c1cccc(Br)c1)N1N=C(c2ccc(F)cc2)CC1(O)C(F)(F)F. The summed E-state index contributed by atoms with van der Waals surface area (Å²) >= 11 is 3.14. The highest BCUT2D eigenvalue weighted by molar-refractivity contribution is 9.10. The first-order chi connectivity index (χ1) is 12.1. The van der Waals surface area contributed by atoms with E-state index in [0.717, 1.165) is 12.1 Å². The van der Waals surface area contributed by atoms with Crippen molar-refractivity contribution in [3.63, 3.8) is 0 Å². The van der Waals surface area contributed by atoms with Crippen LogP contribution in [0.15, 0.2) is 58.1 Å². The van der Waals surface area contributed by atoms with Crippen LogP contribution < -0.4 is 0 Å². The number of halogens is 5. The summed E-state index contributed by atoms with van der Waals surface area (Å²) < 4.78 is 54.1. The maximum atomic E-state index is 13.5. The van der Waals surface area contributed by atoms with E-state index in [4.69, 9.17) is 0 Å². The highest BCUT2D eigenvalue weighted by Crippen LogP contribution is 2.42. The molecule has 1 unspecified atom stereocenters. The van der Waals surface area contributed by atoms with Gasteiger partial charge in [0.05, 0.1) is 12.1 Å².